The first-order chi connectivity index (χ1) is 11.1. The predicted molar refractivity (Wildman–Crippen MR) is 82.0 cm³/mol. The Labute approximate surface area is 133 Å². The molecule has 1 aliphatic rings. The monoisotopic (exact) mass is 329 g/mol. The van der Waals surface area contributed by atoms with Crippen molar-refractivity contribution in [3.8, 4) is 11.5 Å². The lowest BCUT2D eigenvalue weighted by Crippen LogP contribution is -2.44. The molecule has 0 aliphatic carbocycles. The van der Waals surface area contributed by atoms with Gasteiger partial charge in [-0.1, -0.05) is 12.1 Å². The largest absolute Gasteiger partial charge is 0.490 e. The van der Waals surface area contributed by atoms with Crippen LogP contribution in [0.25, 0.3) is 0 Å². The smallest absolute Gasteiger partial charge is 0.387 e. The first-order valence-corrected chi connectivity index (χ1v) is 7.44. The van der Waals surface area contributed by atoms with Gasteiger partial charge < -0.3 is 24.8 Å². The molecule has 0 radical (unpaired) electrons. The van der Waals surface area contributed by atoms with Gasteiger partial charge in [0.15, 0.2) is 17.5 Å². The number of ether oxygens (including phenoxy) is 3. The number of hydrogen-bond acceptors (Lipinski definition) is 4. The van der Waals surface area contributed by atoms with Gasteiger partial charge in [-0.25, -0.2) is 4.99 Å². The lowest BCUT2D eigenvalue weighted by atomic mass is 10.2. The first-order valence-electron chi connectivity index (χ1n) is 7.44. The number of benzene rings is 1. The maximum Gasteiger partial charge on any atom is 0.387 e. The van der Waals surface area contributed by atoms with E-state index in [9.17, 15) is 8.78 Å². The summed E-state index contributed by atoms with van der Waals surface area (Å²) in [4.78, 5) is 6.16. The standard InChI is InChI=1S/C15H21F2N3O3/c1-2-22-12-5-3-4-11(13(12)23-14(16)17)10-19-15(18)20-6-8-21-9-7-20/h3-5,14H,2,6-10H2,1H3,(H2,18,19). The summed E-state index contributed by atoms with van der Waals surface area (Å²) in [6.45, 7) is 1.83. The lowest BCUT2D eigenvalue weighted by molar-refractivity contribution is -0.0520. The SMILES string of the molecule is CCOc1cccc(CN=C(N)N2CCOCC2)c1OC(F)F. The zero-order valence-corrected chi connectivity index (χ0v) is 13.0. The van der Waals surface area contributed by atoms with Crippen LogP contribution in [0.5, 0.6) is 11.5 Å². The van der Waals surface area contributed by atoms with Crippen molar-refractivity contribution in [2.45, 2.75) is 20.1 Å². The minimum Gasteiger partial charge on any atom is -0.490 e. The Kier molecular flexibility index (Phi) is 6.40. The molecule has 23 heavy (non-hydrogen) atoms. The molecule has 2 N–H and O–H groups in total. The maximum absolute atomic E-state index is 12.7. The Morgan fingerprint density at radius 1 is 1.39 bits per heavy atom. The molecule has 1 heterocycles. The molecule has 0 amide bonds. The number of morpholine rings is 1. The van der Waals surface area contributed by atoms with E-state index in [0.29, 0.717) is 44.4 Å². The van der Waals surface area contributed by atoms with Crippen molar-refractivity contribution in [2.75, 3.05) is 32.9 Å². The molecule has 0 aromatic heterocycles. The second-order valence-electron chi connectivity index (χ2n) is 4.83. The summed E-state index contributed by atoms with van der Waals surface area (Å²) < 4.78 is 40.5. The van der Waals surface area contributed by atoms with Gasteiger partial charge in [-0.05, 0) is 13.0 Å². The van der Waals surface area contributed by atoms with E-state index in [1.807, 2.05) is 4.90 Å². The second kappa shape index (κ2) is 8.52. The Morgan fingerprint density at radius 3 is 2.78 bits per heavy atom. The van der Waals surface area contributed by atoms with E-state index in [0.717, 1.165) is 0 Å². The summed E-state index contributed by atoms with van der Waals surface area (Å²) in [6, 6.07) is 4.95. The number of hydrogen-bond donors (Lipinski definition) is 1. The number of guanidine groups is 1. The van der Waals surface area contributed by atoms with Crippen molar-refractivity contribution in [1.29, 1.82) is 0 Å². The van der Waals surface area contributed by atoms with Crippen LogP contribution in [-0.4, -0.2) is 50.4 Å². The topological polar surface area (TPSA) is 69.3 Å². The third-order valence-electron chi connectivity index (χ3n) is 3.31. The van der Waals surface area contributed by atoms with Crippen LogP contribution in [0.4, 0.5) is 8.78 Å². The van der Waals surface area contributed by atoms with E-state index in [1.54, 1.807) is 25.1 Å². The highest BCUT2D eigenvalue weighted by atomic mass is 19.3. The molecule has 1 aliphatic heterocycles. The number of rotatable bonds is 6. The van der Waals surface area contributed by atoms with Gasteiger partial charge in [0, 0.05) is 18.7 Å². The van der Waals surface area contributed by atoms with Crippen LogP contribution in [0.1, 0.15) is 12.5 Å². The molecule has 1 aromatic rings. The molecular formula is C15H21F2N3O3. The van der Waals surface area contributed by atoms with Gasteiger partial charge in [0.1, 0.15) is 0 Å². The van der Waals surface area contributed by atoms with Crippen molar-refractivity contribution in [3.05, 3.63) is 23.8 Å². The molecule has 0 spiro atoms. The Morgan fingerprint density at radius 2 is 2.13 bits per heavy atom. The number of nitrogens with two attached hydrogens (primary N) is 1. The zero-order chi connectivity index (χ0) is 16.7. The van der Waals surface area contributed by atoms with Crippen LogP contribution in [0.15, 0.2) is 23.2 Å². The number of nitrogens with zero attached hydrogens (tertiary/aromatic N) is 2. The van der Waals surface area contributed by atoms with Gasteiger partial charge >= 0.3 is 6.61 Å². The Bertz CT molecular complexity index is 535. The average Bonchev–Trinajstić information content (AvgIpc) is 2.55. The van der Waals surface area contributed by atoms with E-state index in [2.05, 4.69) is 9.73 Å². The third kappa shape index (κ3) is 4.95. The molecular weight excluding hydrogens is 308 g/mol. The highest BCUT2D eigenvalue weighted by Gasteiger charge is 2.16. The summed E-state index contributed by atoms with van der Waals surface area (Å²) in [7, 11) is 0. The fourth-order valence-electron chi connectivity index (χ4n) is 2.24. The highest BCUT2D eigenvalue weighted by molar-refractivity contribution is 5.78. The second-order valence-corrected chi connectivity index (χ2v) is 4.83. The van der Waals surface area contributed by atoms with Gasteiger partial charge in [-0.15, -0.1) is 0 Å². The van der Waals surface area contributed by atoms with Gasteiger partial charge in [0.25, 0.3) is 0 Å². The van der Waals surface area contributed by atoms with Gasteiger partial charge in [0.2, 0.25) is 0 Å². The van der Waals surface area contributed by atoms with Crippen LogP contribution in [-0.2, 0) is 11.3 Å². The number of aliphatic imine (C=N–C) groups is 1. The summed E-state index contributed by atoms with van der Waals surface area (Å²) >= 11 is 0. The van der Waals surface area contributed by atoms with Crippen molar-refractivity contribution in [2.24, 2.45) is 10.7 Å². The normalized spacial score (nSPS) is 15.8. The molecule has 1 fully saturated rings. The van der Waals surface area contributed by atoms with Crippen molar-refractivity contribution >= 4 is 5.96 Å². The molecule has 1 aromatic carbocycles. The zero-order valence-electron chi connectivity index (χ0n) is 13.0. The molecule has 0 bridgehead atoms. The van der Waals surface area contributed by atoms with Crippen molar-refractivity contribution in [1.82, 2.24) is 4.90 Å². The van der Waals surface area contributed by atoms with Crippen LogP contribution in [0.3, 0.4) is 0 Å². The van der Waals surface area contributed by atoms with Crippen molar-refractivity contribution < 1.29 is 23.0 Å². The number of para-hydroxylation sites is 1. The van der Waals surface area contributed by atoms with E-state index >= 15 is 0 Å². The van der Waals surface area contributed by atoms with Crippen LogP contribution in [0, 0.1) is 0 Å². The van der Waals surface area contributed by atoms with Gasteiger partial charge in [0.05, 0.1) is 26.4 Å². The fourth-order valence-corrected chi connectivity index (χ4v) is 2.24. The third-order valence-corrected chi connectivity index (χ3v) is 3.31. The maximum atomic E-state index is 12.7. The molecule has 2 rings (SSSR count). The van der Waals surface area contributed by atoms with Crippen LogP contribution < -0.4 is 15.2 Å². The minimum atomic E-state index is -2.93. The number of halogens is 2. The Hall–Kier alpha value is -2.09. The lowest BCUT2D eigenvalue weighted by Gasteiger charge is -2.27. The molecule has 1 saturated heterocycles. The molecule has 6 nitrogen and oxygen atoms in total. The summed E-state index contributed by atoms with van der Waals surface area (Å²) in [6.07, 6.45) is 0. The first kappa shape index (κ1) is 17.3. The minimum absolute atomic E-state index is 0.00266. The van der Waals surface area contributed by atoms with E-state index < -0.39 is 6.61 Å². The fraction of sp³-hybridized carbons (Fsp3) is 0.533. The predicted octanol–water partition coefficient (Wildman–Crippen LogP) is 1.83. The van der Waals surface area contributed by atoms with E-state index in [4.69, 9.17) is 15.2 Å². The van der Waals surface area contributed by atoms with Crippen LogP contribution >= 0.6 is 0 Å². The van der Waals surface area contributed by atoms with Crippen molar-refractivity contribution in [3.63, 3.8) is 0 Å². The average molecular weight is 329 g/mol. The summed E-state index contributed by atoms with van der Waals surface area (Å²) in [5.74, 6) is 0.631. The molecule has 8 heteroatoms. The molecule has 0 atom stereocenters. The van der Waals surface area contributed by atoms with E-state index in [1.165, 1.54) is 0 Å². The molecule has 0 unspecified atom stereocenters. The molecule has 128 valence electrons. The van der Waals surface area contributed by atoms with Gasteiger partial charge in [-0.3, -0.25) is 0 Å². The van der Waals surface area contributed by atoms with Gasteiger partial charge in [-0.2, -0.15) is 8.78 Å². The molecule has 0 saturated carbocycles. The summed E-state index contributed by atoms with van der Waals surface area (Å²) in [5.41, 5.74) is 6.44. The Balaban J connectivity index is 2.15. The number of alkyl halides is 2. The van der Waals surface area contributed by atoms with Crippen LogP contribution in [0.2, 0.25) is 0 Å². The quantitative estimate of drug-likeness (QED) is 0.637. The highest BCUT2D eigenvalue weighted by Crippen LogP contribution is 2.33. The summed E-state index contributed by atoms with van der Waals surface area (Å²) in [5, 5.41) is 0. The van der Waals surface area contributed by atoms with E-state index in [-0.39, 0.29) is 18.0 Å².